The molecule has 1 fully saturated rings. The average molecular weight is 179 g/mol. The molecule has 0 radical (unpaired) electrons. The first-order valence-electron chi connectivity index (χ1n) is 2.96. The van der Waals surface area contributed by atoms with Gasteiger partial charge >= 0.3 is 17.1 Å². The summed E-state index contributed by atoms with van der Waals surface area (Å²) in [7, 11) is 0. The first-order valence-corrected chi connectivity index (χ1v) is 2.96. The largest absolute Gasteiger partial charge is 1.00 e. The predicted octanol–water partition coefficient (Wildman–Crippen LogP) is 0.971. The van der Waals surface area contributed by atoms with E-state index in [9.17, 15) is 0 Å². The Balaban J connectivity index is 0.000000640. The SMILES string of the molecule is [CH2-]CC1OCCCO1.[Cu+]. The second-order valence-corrected chi connectivity index (χ2v) is 1.81. The number of rotatable bonds is 1. The molecule has 1 aliphatic heterocycles. The third-order valence-corrected chi connectivity index (χ3v) is 1.13. The van der Waals surface area contributed by atoms with Crippen molar-refractivity contribution in [2.75, 3.05) is 13.2 Å². The summed E-state index contributed by atoms with van der Waals surface area (Å²) in [5.41, 5.74) is 0. The van der Waals surface area contributed by atoms with Gasteiger partial charge < -0.3 is 16.4 Å². The quantitative estimate of drug-likeness (QED) is 0.440. The molecule has 0 atom stereocenters. The van der Waals surface area contributed by atoms with Crippen molar-refractivity contribution in [1.29, 1.82) is 0 Å². The van der Waals surface area contributed by atoms with Crippen molar-refractivity contribution in [3.05, 3.63) is 6.92 Å². The molecule has 1 saturated heterocycles. The maximum absolute atomic E-state index is 5.14. The Kier molecular flexibility index (Phi) is 5.50. The summed E-state index contributed by atoms with van der Waals surface area (Å²) < 4.78 is 10.3. The molecule has 0 aromatic heterocycles. The molecule has 1 rings (SSSR count). The van der Waals surface area contributed by atoms with Crippen molar-refractivity contribution < 1.29 is 26.5 Å². The molecule has 0 saturated carbocycles. The van der Waals surface area contributed by atoms with Crippen molar-refractivity contribution >= 4 is 0 Å². The van der Waals surface area contributed by atoms with Crippen molar-refractivity contribution in [3.63, 3.8) is 0 Å². The molecule has 0 aromatic carbocycles. The molecular weight excluding hydrogens is 168 g/mol. The van der Waals surface area contributed by atoms with E-state index in [1.54, 1.807) is 0 Å². The fourth-order valence-electron chi connectivity index (χ4n) is 0.703. The topological polar surface area (TPSA) is 18.5 Å². The van der Waals surface area contributed by atoms with Crippen molar-refractivity contribution in [3.8, 4) is 0 Å². The smallest absolute Gasteiger partial charge is 0.355 e. The van der Waals surface area contributed by atoms with Gasteiger partial charge in [-0.15, -0.1) is 6.42 Å². The van der Waals surface area contributed by atoms with Crippen LogP contribution in [0, 0.1) is 6.92 Å². The molecule has 9 heavy (non-hydrogen) atoms. The van der Waals surface area contributed by atoms with Crippen LogP contribution in [0.4, 0.5) is 0 Å². The third kappa shape index (κ3) is 3.21. The van der Waals surface area contributed by atoms with Gasteiger partial charge in [0.2, 0.25) is 0 Å². The molecule has 2 nitrogen and oxygen atoms in total. The molecule has 0 amide bonds. The van der Waals surface area contributed by atoms with Gasteiger partial charge in [-0.3, -0.25) is 0 Å². The molecule has 0 spiro atoms. The van der Waals surface area contributed by atoms with Gasteiger partial charge in [-0.25, -0.2) is 0 Å². The minimum absolute atomic E-state index is 0. The molecule has 3 heteroatoms. The number of hydrogen-bond acceptors (Lipinski definition) is 2. The summed E-state index contributed by atoms with van der Waals surface area (Å²) >= 11 is 0. The summed E-state index contributed by atoms with van der Waals surface area (Å²) in [5.74, 6) is 0. The zero-order valence-electron chi connectivity index (χ0n) is 5.23. The van der Waals surface area contributed by atoms with Gasteiger partial charge in [0.1, 0.15) is 6.29 Å². The third-order valence-electron chi connectivity index (χ3n) is 1.13. The minimum Gasteiger partial charge on any atom is -0.355 e. The fraction of sp³-hybridized carbons (Fsp3) is 0.833. The van der Waals surface area contributed by atoms with Crippen LogP contribution in [-0.4, -0.2) is 19.5 Å². The molecule has 58 valence electrons. The van der Waals surface area contributed by atoms with E-state index in [4.69, 9.17) is 9.47 Å². The van der Waals surface area contributed by atoms with E-state index in [0.29, 0.717) is 0 Å². The molecular formula is C6H11CuO2. The van der Waals surface area contributed by atoms with E-state index < -0.39 is 0 Å². The molecule has 0 unspecified atom stereocenters. The first kappa shape index (κ1) is 9.44. The Hall–Kier alpha value is 0.439. The van der Waals surface area contributed by atoms with Crippen LogP contribution in [0.3, 0.4) is 0 Å². The average Bonchev–Trinajstić information content (AvgIpc) is 1.90. The maximum Gasteiger partial charge on any atom is 1.00 e. The summed E-state index contributed by atoms with van der Waals surface area (Å²) in [6, 6.07) is 0. The summed E-state index contributed by atoms with van der Waals surface area (Å²) in [4.78, 5) is 0. The zero-order valence-corrected chi connectivity index (χ0v) is 6.17. The van der Waals surface area contributed by atoms with E-state index in [0.717, 1.165) is 26.1 Å². The van der Waals surface area contributed by atoms with Gasteiger partial charge in [0, 0.05) is 0 Å². The summed E-state index contributed by atoms with van der Waals surface area (Å²) in [6.45, 7) is 5.33. The van der Waals surface area contributed by atoms with Gasteiger partial charge in [-0.2, -0.15) is 0 Å². The summed E-state index contributed by atoms with van der Waals surface area (Å²) in [5, 5.41) is 0. The monoisotopic (exact) mass is 178 g/mol. The first-order chi connectivity index (χ1) is 3.93. The molecule has 0 bridgehead atoms. The second kappa shape index (κ2) is 5.24. The Labute approximate surface area is 66.4 Å². The van der Waals surface area contributed by atoms with Gasteiger partial charge in [-0.1, -0.05) is 0 Å². The molecule has 1 aliphatic rings. The Bertz CT molecular complexity index is 62.1. The van der Waals surface area contributed by atoms with Crippen LogP contribution in [0.2, 0.25) is 0 Å². The predicted molar refractivity (Wildman–Crippen MR) is 30.3 cm³/mol. The van der Waals surface area contributed by atoms with Crippen LogP contribution in [0.25, 0.3) is 0 Å². The van der Waals surface area contributed by atoms with Crippen LogP contribution in [0.1, 0.15) is 12.8 Å². The van der Waals surface area contributed by atoms with E-state index in [1.807, 2.05) is 0 Å². The molecule has 1 heterocycles. The zero-order chi connectivity index (χ0) is 5.82. The van der Waals surface area contributed by atoms with Crippen LogP contribution in [0.5, 0.6) is 0 Å². The number of hydrogen-bond donors (Lipinski definition) is 0. The van der Waals surface area contributed by atoms with Crippen LogP contribution in [0.15, 0.2) is 0 Å². The van der Waals surface area contributed by atoms with Crippen LogP contribution < -0.4 is 0 Å². The molecule has 0 aliphatic carbocycles. The van der Waals surface area contributed by atoms with Crippen LogP contribution in [-0.2, 0) is 26.5 Å². The van der Waals surface area contributed by atoms with Crippen molar-refractivity contribution in [1.82, 2.24) is 0 Å². The van der Waals surface area contributed by atoms with Gasteiger partial charge in [0.05, 0.1) is 13.2 Å². The van der Waals surface area contributed by atoms with E-state index in [2.05, 4.69) is 6.92 Å². The van der Waals surface area contributed by atoms with Crippen molar-refractivity contribution in [2.45, 2.75) is 19.1 Å². The minimum atomic E-state index is -0.0243. The maximum atomic E-state index is 5.14. The van der Waals surface area contributed by atoms with Gasteiger partial charge in [0.15, 0.2) is 0 Å². The Morgan fingerprint density at radius 3 is 2.22 bits per heavy atom. The Morgan fingerprint density at radius 1 is 1.33 bits per heavy atom. The number of ether oxygens (including phenoxy) is 2. The van der Waals surface area contributed by atoms with E-state index >= 15 is 0 Å². The van der Waals surface area contributed by atoms with Crippen molar-refractivity contribution in [2.24, 2.45) is 0 Å². The Morgan fingerprint density at radius 2 is 1.89 bits per heavy atom. The van der Waals surface area contributed by atoms with E-state index in [1.165, 1.54) is 0 Å². The standard InChI is InChI=1S/C6H11O2.Cu/c1-2-6-7-4-3-5-8-6;/h6H,1-5H2;/q-1;+1. The fourth-order valence-corrected chi connectivity index (χ4v) is 0.703. The van der Waals surface area contributed by atoms with Crippen LogP contribution >= 0.6 is 0 Å². The van der Waals surface area contributed by atoms with Gasteiger partial charge in [0.25, 0.3) is 0 Å². The molecule has 0 aromatic rings. The van der Waals surface area contributed by atoms with E-state index in [-0.39, 0.29) is 23.4 Å². The van der Waals surface area contributed by atoms with Gasteiger partial charge in [-0.05, 0) is 6.42 Å². The molecule has 0 N–H and O–H groups in total. The second-order valence-electron chi connectivity index (χ2n) is 1.81. The summed E-state index contributed by atoms with van der Waals surface area (Å²) in [6.07, 6.45) is 1.72. The normalized spacial score (nSPS) is 21.0.